The third-order valence-corrected chi connectivity index (χ3v) is 4.92. The standard InChI is InChI=1S/C19H24N2O4S/c1-4-8-16(15-9-6-5-7-10-15)20-18(23)14(3)25-17(22)11-21-13(2)12-26-19(21)24/h5-7,9-10,12,14,16H,4,8,11H2,1-3H3,(H,20,23)/t14-,16+/m1/s1. The molecule has 0 unspecified atom stereocenters. The summed E-state index contributed by atoms with van der Waals surface area (Å²) in [6.45, 7) is 5.14. The van der Waals surface area contributed by atoms with Gasteiger partial charge in [0.25, 0.3) is 5.91 Å². The third-order valence-electron chi connectivity index (χ3n) is 4.04. The number of benzene rings is 1. The lowest BCUT2D eigenvalue weighted by molar-refractivity contribution is -0.155. The monoisotopic (exact) mass is 376 g/mol. The van der Waals surface area contributed by atoms with Crippen molar-refractivity contribution in [2.75, 3.05) is 0 Å². The lowest BCUT2D eigenvalue weighted by Crippen LogP contribution is -2.39. The molecule has 1 amide bonds. The van der Waals surface area contributed by atoms with Gasteiger partial charge in [0, 0.05) is 11.1 Å². The highest BCUT2D eigenvalue weighted by Gasteiger charge is 2.22. The Morgan fingerprint density at radius 2 is 1.96 bits per heavy atom. The van der Waals surface area contributed by atoms with Crippen LogP contribution in [0.25, 0.3) is 0 Å². The molecule has 1 aromatic heterocycles. The van der Waals surface area contributed by atoms with Crippen LogP contribution in [0.5, 0.6) is 0 Å². The highest BCUT2D eigenvalue weighted by Crippen LogP contribution is 2.18. The fourth-order valence-corrected chi connectivity index (χ4v) is 3.33. The fraction of sp³-hybridized carbons (Fsp3) is 0.421. The number of carbonyl (C=O) groups is 2. The zero-order valence-corrected chi connectivity index (χ0v) is 16.0. The minimum Gasteiger partial charge on any atom is -0.451 e. The van der Waals surface area contributed by atoms with Gasteiger partial charge >= 0.3 is 10.8 Å². The Labute approximate surface area is 156 Å². The average molecular weight is 376 g/mol. The van der Waals surface area contributed by atoms with Crippen molar-refractivity contribution in [1.82, 2.24) is 9.88 Å². The number of ether oxygens (including phenoxy) is 1. The summed E-state index contributed by atoms with van der Waals surface area (Å²) in [6.07, 6.45) is 0.772. The smallest absolute Gasteiger partial charge is 0.326 e. The van der Waals surface area contributed by atoms with Crippen LogP contribution in [0.4, 0.5) is 0 Å². The Balaban J connectivity index is 1.95. The van der Waals surface area contributed by atoms with Crippen LogP contribution in [0.3, 0.4) is 0 Å². The van der Waals surface area contributed by atoms with Crippen molar-refractivity contribution in [2.24, 2.45) is 0 Å². The van der Waals surface area contributed by atoms with E-state index in [4.69, 9.17) is 4.74 Å². The van der Waals surface area contributed by atoms with Gasteiger partial charge in [0.2, 0.25) is 0 Å². The van der Waals surface area contributed by atoms with Gasteiger partial charge in [-0.25, -0.2) is 0 Å². The number of aromatic nitrogens is 1. The summed E-state index contributed by atoms with van der Waals surface area (Å²) in [7, 11) is 0. The fourth-order valence-electron chi connectivity index (χ4n) is 2.60. The topological polar surface area (TPSA) is 77.4 Å². The zero-order chi connectivity index (χ0) is 19.1. The number of carbonyl (C=O) groups excluding carboxylic acids is 2. The molecule has 26 heavy (non-hydrogen) atoms. The number of rotatable bonds is 8. The Kier molecular flexibility index (Phi) is 7.15. The number of hydrogen-bond acceptors (Lipinski definition) is 5. The predicted molar refractivity (Wildman–Crippen MR) is 101 cm³/mol. The minimum atomic E-state index is -0.930. The maximum absolute atomic E-state index is 12.4. The Morgan fingerprint density at radius 1 is 1.27 bits per heavy atom. The highest BCUT2D eigenvalue weighted by atomic mass is 32.1. The second-order valence-electron chi connectivity index (χ2n) is 6.12. The van der Waals surface area contributed by atoms with Gasteiger partial charge in [-0.2, -0.15) is 0 Å². The van der Waals surface area contributed by atoms with Crippen molar-refractivity contribution < 1.29 is 14.3 Å². The first-order chi connectivity index (χ1) is 12.4. The van der Waals surface area contributed by atoms with Crippen molar-refractivity contribution in [3.8, 4) is 0 Å². The molecule has 2 aromatic rings. The van der Waals surface area contributed by atoms with Crippen LogP contribution in [-0.4, -0.2) is 22.5 Å². The molecule has 0 aliphatic carbocycles. The summed E-state index contributed by atoms with van der Waals surface area (Å²) in [6, 6.07) is 9.57. The van der Waals surface area contributed by atoms with Gasteiger partial charge in [-0.05, 0) is 25.8 Å². The predicted octanol–water partition coefficient (Wildman–Crippen LogP) is 2.81. The Morgan fingerprint density at radius 3 is 2.54 bits per heavy atom. The van der Waals surface area contributed by atoms with E-state index in [1.807, 2.05) is 37.3 Å². The van der Waals surface area contributed by atoms with E-state index >= 15 is 0 Å². The summed E-state index contributed by atoms with van der Waals surface area (Å²) in [4.78, 5) is 35.9. The van der Waals surface area contributed by atoms with Crippen molar-refractivity contribution in [1.29, 1.82) is 0 Å². The van der Waals surface area contributed by atoms with Crippen molar-refractivity contribution >= 4 is 23.2 Å². The molecule has 0 bridgehead atoms. The van der Waals surface area contributed by atoms with Gasteiger partial charge in [0.15, 0.2) is 6.10 Å². The summed E-state index contributed by atoms with van der Waals surface area (Å²) in [5, 5.41) is 4.62. The van der Waals surface area contributed by atoms with Crippen LogP contribution < -0.4 is 10.2 Å². The minimum absolute atomic E-state index is 0.128. The second kappa shape index (κ2) is 9.33. The van der Waals surface area contributed by atoms with E-state index in [-0.39, 0.29) is 23.4 Å². The first-order valence-electron chi connectivity index (χ1n) is 8.62. The zero-order valence-electron chi connectivity index (χ0n) is 15.2. The molecule has 0 saturated heterocycles. The first kappa shape index (κ1) is 19.9. The SMILES string of the molecule is CCC[C@H](NC(=O)[C@@H](C)OC(=O)Cn1c(C)csc1=O)c1ccccc1. The molecular weight excluding hydrogens is 352 g/mol. The number of aryl methyl sites for hydroxylation is 1. The Hall–Kier alpha value is -2.41. The molecule has 140 valence electrons. The maximum atomic E-state index is 12.4. The lowest BCUT2D eigenvalue weighted by Gasteiger charge is -2.21. The van der Waals surface area contributed by atoms with Crippen molar-refractivity contribution in [3.05, 3.63) is 56.6 Å². The molecule has 6 nitrogen and oxygen atoms in total. The van der Waals surface area contributed by atoms with Gasteiger partial charge < -0.3 is 10.1 Å². The number of thiazole rings is 1. The van der Waals surface area contributed by atoms with E-state index in [2.05, 4.69) is 5.32 Å². The summed E-state index contributed by atoms with van der Waals surface area (Å²) < 4.78 is 6.54. The molecule has 2 atom stereocenters. The quantitative estimate of drug-likeness (QED) is 0.719. The summed E-state index contributed by atoms with van der Waals surface area (Å²) in [5.74, 6) is -0.960. The number of hydrogen-bond donors (Lipinski definition) is 1. The largest absolute Gasteiger partial charge is 0.451 e. The third kappa shape index (κ3) is 5.29. The molecular formula is C19H24N2O4S. The average Bonchev–Trinajstić information content (AvgIpc) is 2.93. The summed E-state index contributed by atoms with van der Waals surface area (Å²) in [5.41, 5.74) is 1.71. The van der Waals surface area contributed by atoms with Gasteiger partial charge in [0.05, 0.1) is 6.04 Å². The molecule has 0 saturated carbocycles. The molecule has 1 aromatic carbocycles. The molecule has 1 heterocycles. The van der Waals surface area contributed by atoms with Crippen molar-refractivity contribution in [2.45, 2.75) is 52.3 Å². The maximum Gasteiger partial charge on any atom is 0.326 e. The van der Waals surface area contributed by atoms with Gasteiger partial charge in [-0.3, -0.25) is 19.0 Å². The van der Waals surface area contributed by atoms with Crippen LogP contribution in [0, 0.1) is 6.92 Å². The number of esters is 1. The van der Waals surface area contributed by atoms with Gasteiger partial charge in [0.1, 0.15) is 6.54 Å². The van der Waals surface area contributed by atoms with Crippen LogP contribution in [0.2, 0.25) is 0 Å². The number of nitrogens with one attached hydrogen (secondary N) is 1. The van der Waals surface area contributed by atoms with Crippen molar-refractivity contribution in [3.63, 3.8) is 0 Å². The van der Waals surface area contributed by atoms with E-state index in [1.54, 1.807) is 12.3 Å². The van der Waals surface area contributed by atoms with E-state index in [1.165, 1.54) is 11.5 Å². The van der Waals surface area contributed by atoms with Crippen LogP contribution in [0.1, 0.15) is 44.0 Å². The second-order valence-corrected chi connectivity index (χ2v) is 6.94. The van der Waals surface area contributed by atoms with E-state index in [0.29, 0.717) is 5.69 Å². The van der Waals surface area contributed by atoms with E-state index in [0.717, 1.165) is 29.7 Å². The Bertz CT molecular complexity index is 797. The molecule has 0 spiro atoms. The summed E-state index contributed by atoms with van der Waals surface area (Å²) >= 11 is 1.03. The molecule has 2 rings (SSSR count). The number of nitrogens with zero attached hydrogens (tertiary/aromatic N) is 1. The highest BCUT2D eigenvalue weighted by molar-refractivity contribution is 7.07. The van der Waals surface area contributed by atoms with E-state index in [9.17, 15) is 14.4 Å². The number of amides is 1. The van der Waals surface area contributed by atoms with Gasteiger partial charge in [-0.1, -0.05) is 55.0 Å². The van der Waals surface area contributed by atoms with Crippen LogP contribution in [-0.2, 0) is 20.9 Å². The normalized spacial score (nSPS) is 13.0. The lowest BCUT2D eigenvalue weighted by atomic mass is 10.0. The molecule has 1 N–H and O–H groups in total. The molecule has 7 heteroatoms. The molecule has 0 aliphatic rings. The van der Waals surface area contributed by atoms with Crippen LogP contribution >= 0.6 is 11.3 Å². The van der Waals surface area contributed by atoms with Crippen LogP contribution in [0.15, 0.2) is 40.5 Å². The first-order valence-corrected chi connectivity index (χ1v) is 9.50. The molecule has 0 radical (unpaired) electrons. The van der Waals surface area contributed by atoms with Gasteiger partial charge in [-0.15, -0.1) is 0 Å². The molecule has 0 aliphatic heterocycles. The van der Waals surface area contributed by atoms with E-state index < -0.39 is 12.1 Å². The molecule has 0 fully saturated rings.